The monoisotopic (exact) mass is 247 g/mol. The van der Waals surface area contributed by atoms with Crippen LogP contribution in [-0.2, 0) is 0 Å². The molecule has 18 heavy (non-hydrogen) atoms. The summed E-state index contributed by atoms with van der Waals surface area (Å²) in [7, 11) is 0. The molecule has 0 atom stereocenters. The number of hydrogen-bond acceptors (Lipinski definition) is 5. The minimum Gasteiger partial charge on any atom is -0.493 e. The summed E-state index contributed by atoms with van der Waals surface area (Å²) < 4.78 is 15.9. The molecule has 0 bridgehead atoms. The van der Waals surface area contributed by atoms with Crippen molar-refractivity contribution < 1.29 is 19.0 Å². The van der Waals surface area contributed by atoms with Crippen molar-refractivity contribution in [3.05, 3.63) is 17.7 Å². The minimum atomic E-state index is 0.166. The van der Waals surface area contributed by atoms with E-state index in [0.29, 0.717) is 35.8 Å². The maximum atomic E-state index is 10.9. The van der Waals surface area contributed by atoms with Gasteiger partial charge in [0.1, 0.15) is 5.75 Å². The van der Waals surface area contributed by atoms with Crippen LogP contribution in [0, 0.1) is 11.3 Å². The molecule has 5 heteroatoms. The Bertz CT molecular complexity index is 479. The van der Waals surface area contributed by atoms with Gasteiger partial charge in [-0.05, 0) is 18.9 Å². The van der Waals surface area contributed by atoms with Gasteiger partial charge in [-0.2, -0.15) is 5.26 Å². The largest absolute Gasteiger partial charge is 0.493 e. The molecule has 0 fully saturated rings. The number of nitrogens with zero attached hydrogens (tertiary/aromatic N) is 1. The number of carbonyl (C=O) groups excluding carboxylic acids is 1. The number of unbranched alkanes of at least 4 members (excludes halogenated alkanes) is 2. The molecule has 0 amide bonds. The van der Waals surface area contributed by atoms with Crippen LogP contribution in [0.2, 0.25) is 0 Å². The highest BCUT2D eigenvalue weighted by Gasteiger charge is 2.17. The van der Waals surface area contributed by atoms with Gasteiger partial charge in [0.25, 0.3) is 0 Å². The highest BCUT2D eigenvalue weighted by molar-refractivity contribution is 5.81. The van der Waals surface area contributed by atoms with E-state index in [4.69, 9.17) is 19.5 Å². The zero-order chi connectivity index (χ0) is 12.8. The molecule has 2 rings (SSSR count). The third kappa shape index (κ3) is 2.72. The normalized spacial score (nSPS) is 11.9. The van der Waals surface area contributed by atoms with Crippen molar-refractivity contribution in [3.8, 4) is 23.3 Å². The molecule has 1 aliphatic heterocycles. The van der Waals surface area contributed by atoms with E-state index in [-0.39, 0.29) is 6.79 Å². The Morgan fingerprint density at radius 2 is 2.11 bits per heavy atom. The van der Waals surface area contributed by atoms with Crippen molar-refractivity contribution in [3.63, 3.8) is 0 Å². The number of aldehydes is 1. The van der Waals surface area contributed by atoms with Gasteiger partial charge in [-0.3, -0.25) is 4.79 Å². The summed E-state index contributed by atoms with van der Waals surface area (Å²) in [6.07, 6.45) is 2.81. The fourth-order valence-electron chi connectivity index (χ4n) is 1.64. The van der Waals surface area contributed by atoms with E-state index in [0.717, 1.165) is 19.1 Å². The van der Waals surface area contributed by atoms with Crippen molar-refractivity contribution >= 4 is 6.29 Å². The summed E-state index contributed by atoms with van der Waals surface area (Å²) in [4.78, 5) is 10.9. The lowest BCUT2D eigenvalue weighted by molar-refractivity contribution is 0.111. The van der Waals surface area contributed by atoms with E-state index in [1.807, 2.05) is 0 Å². The first-order valence-corrected chi connectivity index (χ1v) is 5.73. The quantitative estimate of drug-likeness (QED) is 0.570. The predicted molar refractivity (Wildman–Crippen MR) is 62.9 cm³/mol. The third-order valence-electron chi connectivity index (χ3n) is 2.57. The second kappa shape index (κ2) is 5.92. The Morgan fingerprint density at radius 1 is 1.33 bits per heavy atom. The van der Waals surface area contributed by atoms with E-state index >= 15 is 0 Å². The molecule has 0 aromatic heterocycles. The molecule has 1 aromatic rings. The van der Waals surface area contributed by atoms with E-state index in [9.17, 15) is 4.79 Å². The molecule has 0 aliphatic carbocycles. The number of carbonyl (C=O) groups is 1. The van der Waals surface area contributed by atoms with Gasteiger partial charge >= 0.3 is 0 Å². The van der Waals surface area contributed by atoms with Crippen LogP contribution in [0.5, 0.6) is 17.2 Å². The van der Waals surface area contributed by atoms with E-state index in [2.05, 4.69) is 6.07 Å². The number of rotatable bonds is 6. The molecule has 1 aromatic carbocycles. The first-order chi connectivity index (χ1) is 8.85. The Balaban J connectivity index is 1.99. The number of benzene rings is 1. The summed E-state index contributed by atoms with van der Waals surface area (Å²) >= 11 is 0. The zero-order valence-electron chi connectivity index (χ0n) is 9.85. The van der Waals surface area contributed by atoms with Crippen LogP contribution < -0.4 is 14.2 Å². The molecular formula is C13H13NO4. The summed E-state index contributed by atoms with van der Waals surface area (Å²) in [5, 5.41) is 8.40. The minimum absolute atomic E-state index is 0.166. The van der Waals surface area contributed by atoms with Gasteiger partial charge in [0.2, 0.25) is 6.79 Å². The molecule has 1 heterocycles. The van der Waals surface area contributed by atoms with Gasteiger partial charge in [-0.1, -0.05) is 0 Å². The Labute approximate surface area is 105 Å². The van der Waals surface area contributed by atoms with Crippen molar-refractivity contribution in [1.82, 2.24) is 0 Å². The molecule has 0 radical (unpaired) electrons. The first kappa shape index (κ1) is 12.2. The lowest BCUT2D eigenvalue weighted by atomic mass is 10.2. The highest BCUT2D eigenvalue weighted by atomic mass is 16.7. The van der Waals surface area contributed by atoms with Crippen molar-refractivity contribution in [2.75, 3.05) is 13.4 Å². The SMILES string of the molecule is N#CCCCCOc1cc2c(cc1C=O)OCO2. The zero-order valence-corrected chi connectivity index (χ0v) is 9.85. The van der Waals surface area contributed by atoms with Gasteiger partial charge in [0, 0.05) is 12.5 Å². The van der Waals surface area contributed by atoms with Crippen LogP contribution in [-0.4, -0.2) is 19.7 Å². The highest BCUT2D eigenvalue weighted by Crippen LogP contribution is 2.37. The smallest absolute Gasteiger partial charge is 0.231 e. The number of hydrogen-bond donors (Lipinski definition) is 0. The molecular weight excluding hydrogens is 234 g/mol. The van der Waals surface area contributed by atoms with Crippen LogP contribution in [0.3, 0.4) is 0 Å². The van der Waals surface area contributed by atoms with Crippen LogP contribution in [0.25, 0.3) is 0 Å². The predicted octanol–water partition coefficient (Wildman–Crippen LogP) is 2.30. The van der Waals surface area contributed by atoms with Gasteiger partial charge in [0.15, 0.2) is 17.8 Å². The fourth-order valence-corrected chi connectivity index (χ4v) is 1.64. The Morgan fingerprint density at radius 3 is 2.83 bits per heavy atom. The van der Waals surface area contributed by atoms with Crippen LogP contribution in [0.4, 0.5) is 0 Å². The molecule has 1 aliphatic rings. The number of nitriles is 1. The molecule has 0 saturated carbocycles. The van der Waals surface area contributed by atoms with Gasteiger partial charge in [0.05, 0.1) is 18.2 Å². The van der Waals surface area contributed by atoms with Crippen molar-refractivity contribution in [2.45, 2.75) is 19.3 Å². The van der Waals surface area contributed by atoms with Crippen molar-refractivity contribution in [2.24, 2.45) is 0 Å². The number of fused-ring (bicyclic) bond motifs is 1. The Kier molecular flexibility index (Phi) is 4.02. The lowest BCUT2D eigenvalue weighted by Gasteiger charge is -2.08. The van der Waals surface area contributed by atoms with Crippen LogP contribution >= 0.6 is 0 Å². The molecule has 94 valence electrons. The average molecular weight is 247 g/mol. The summed E-state index contributed by atoms with van der Waals surface area (Å²) in [6.45, 7) is 0.640. The van der Waals surface area contributed by atoms with Crippen molar-refractivity contribution in [1.29, 1.82) is 5.26 Å². The average Bonchev–Trinajstić information content (AvgIpc) is 2.84. The van der Waals surface area contributed by atoms with Gasteiger partial charge < -0.3 is 14.2 Å². The molecule has 0 spiro atoms. The molecule has 0 unspecified atom stereocenters. The molecule has 0 N–H and O–H groups in total. The molecule has 5 nitrogen and oxygen atoms in total. The van der Waals surface area contributed by atoms with Crippen LogP contribution in [0.15, 0.2) is 12.1 Å². The summed E-state index contributed by atoms with van der Waals surface area (Å²) in [5.74, 6) is 1.65. The van der Waals surface area contributed by atoms with E-state index in [1.165, 1.54) is 0 Å². The topological polar surface area (TPSA) is 68.5 Å². The van der Waals surface area contributed by atoms with Gasteiger partial charge in [-0.25, -0.2) is 0 Å². The van der Waals surface area contributed by atoms with E-state index < -0.39 is 0 Å². The maximum Gasteiger partial charge on any atom is 0.231 e. The second-order valence-corrected chi connectivity index (χ2v) is 3.82. The first-order valence-electron chi connectivity index (χ1n) is 5.73. The standard InChI is InChI=1S/C13H13NO4/c14-4-2-1-3-5-16-11-7-13-12(17-9-18-13)6-10(11)8-15/h6-8H,1-3,5,9H2. The third-order valence-corrected chi connectivity index (χ3v) is 2.57. The van der Waals surface area contributed by atoms with Crippen LogP contribution in [0.1, 0.15) is 29.6 Å². The molecule has 0 saturated heterocycles. The number of ether oxygens (including phenoxy) is 3. The van der Waals surface area contributed by atoms with Gasteiger partial charge in [-0.15, -0.1) is 0 Å². The lowest BCUT2D eigenvalue weighted by Crippen LogP contribution is -2.00. The fraction of sp³-hybridized carbons (Fsp3) is 0.385. The maximum absolute atomic E-state index is 10.9. The Hall–Kier alpha value is -2.22. The summed E-state index contributed by atoms with van der Waals surface area (Å²) in [5.41, 5.74) is 0.444. The summed E-state index contributed by atoms with van der Waals surface area (Å²) in [6, 6.07) is 5.35. The van der Waals surface area contributed by atoms with E-state index in [1.54, 1.807) is 12.1 Å². The second-order valence-electron chi connectivity index (χ2n) is 3.82.